The van der Waals surface area contributed by atoms with Crippen LogP contribution in [0.1, 0.15) is 0 Å². The monoisotopic (exact) mass is 88.0 g/mol. The van der Waals surface area contributed by atoms with Gasteiger partial charge in [-0.1, -0.05) is 0 Å². The third kappa shape index (κ3) is 32.3. The van der Waals surface area contributed by atoms with Crippen molar-refractivity contribution in [1.29, 1.82) is 10.8 Å². The molecule has 0 aromatic rings. The van der Waals surface area contributed by atoms with Crippen molar-refractivity contribution in [1.82, 2.24) is 0 Å². The van der Waals surface area contributed by atoms with Crippen LogP contribution in [0.5, 0.6) is 0 Å². The molecule has 0 aliphatic rings. The molecule has 0 amide bonds. The Labute approximate surface area is 74.9 Å². The molecule has 0 aliphatic heterocycles. The summed E-state index contributed by atoms with van der Waals surface area (Å²) in [6.07, 6.45) is 0. The molecule has 0 aromatic heterocycles. The molecule has 0 aromatic carbocycles. The predicted octanol–water partition coefficient (Wildman–Crippen LogP) is -0.444. The van der Waals surface area contributed by atoms with Crippen LogP contribution in [0.3, 0.4) is 0 Å². The van der Waals surface area contributed by atoms with E-state index in [4.69, 9.17) is 10.8 Å². The standard InChI is InChI=1S/CH2N2.2Na/c2-1-3;;/h2-3H;;. The van der Waals surface area contributed by atoms with Gasteiger partial charge in [-0.3, -0.25) is 0 Å². The summed E-state index contributed by atoms with van der Waals surface area (Å²) in [6.45, 7) is 0. The van der Waals surface area contributed by atoms with Crippen molar-refractivity contribution in [3.8, 4) is 0 Å². The molecule has 0 aliphatic carbocycles. The van der Waals surface area contributed by atoms with Gasteiger partial charge in [-0.05, 0) is 0 Å². The van der Waals surface area contributed by atoms with Gasteiger partial charge in [0.25, 0.3) is 0 Å². The van der Waals surface area contributed by atoms with E-state index in [0.29, 0.717) is 0 Å². The Morgan fingerprint density at radius 3 is 1.00 bits per heavy atom. The van der Waals surface area contributed by atoms with E-state index in [0.717, 1.165) is 0 Å². The van der Waals surface area contributed by atoms with Gasteiger partial charge in [-0.2, -0.15) is 0 Å². The van der Waals surface area contributed by atoms with Gasteiger partial charge >= 0.3 is 0 Å². The molecule has 0 bridgehead atoms. The Bertz CT molecular complexity index is 28.6. The molecule has 18 valence electrons. The number of rotatable bonds is 0. The minimum absolute atomic E-state index is 0. The molecule has 2 nitrogen and oxygen atoms in total. The minimum atomic E-state index is 0. The van der Waals surface area contributed by atoms with Crippen LogP contribution in [-0.4, -0.2) is 65.1 Å². The van der Waals surface area contributed by atoms with Gasteiger partial charge in [0, 0.05) is 59.1 Å². The molecular weight excluding hydrogens is 86.0 g/mol. The maximum absolute atomic E-state index is 5.62. The van der Waals surface area contributed by atoms with Gasteiger partial charge in [0.15, 0.2) is 0 Å². The molecule has 0 spiro atoms. The fourth-order valence-electron chi connectivity index (χ4n) is 0. The predicted molar refractivity (Wildman–Crippen MR) is 22.0 cm³/mol. The molecule has 0 heterocycles. The van der Waals surface area contributed by atoms with Crippen molar-refractivity contribution < 1.29 is 0 Å². The third-order valence-corrected chi connectivity index (χ3v) is 0. The van der Waals surface area contributed by atoms with Crippen LogP contribution in [0.15, 0.2) is 0 Å². The first kappa shape index (κ1) is 16.2. The van der Waals surface area contributed by atoms with Gasteiger partial charge in [-0.25, -0.2) is 10.8 Å². The van der Waals surface area contributed by atoms with Crippen LogP contribution < -0.4 is 0 Å². The van der Waals surface area contributed by atoms with Gasteiger partial charge in [0.1, 0.15) is 0 Å². The van der Waals surface area contributed by atoms with E-state index in [-0.39, 0.29) is 59.1 Å². The van der Waals surface area contributed by atoms with Gasteiger partial charge < -0.3 is 0 Å². The minimum Gasteiger partial charge on any atom is -0.242 e. The summed E-state index contributed by atoms with van der Waals surface area (Å²) in [7, 11) is 0. The van der Waals surface area contributed by atoms with E-state index in [1.54, 1.807) is 0 Å². The first-order chi connectivity index (χ1) is 1.41. The van der Waals surface area contributed by atoms with Gasteiger partial charge in [-0.15, -0.1) is 0 Å². The van der Waals surface area contributed by atoms with E-state index in [1.165, 1.54) is 6.01 Å². The quantitative estimate of drug-likeness (QED) is 0.298. The molecule has 0 saturated carbocycles. The van der Waals surface area contributed by atoms with Crippen molar-refractivity contribution in [3.05, 3.63) is 0 Å². The fourth-order valence-corrected chi connectivity index (χ4v) is 0. The zero-order valence-electron chi connectivity index (χ0n) is 3.50. The maximum Gasteiger partial charge on any atom is 0.0831 e. The molecule has 0 rings (SSSR count). The topological polar surface area (TPSA) is 47.7 Å². The van der Waals surface area contributed by atoms with Gasteiger partial charge in [0.05, 0.1) is 6.01 Å². The first-order valence-corrected chi connectivity index (χ1v) is 0.500. The van der Waals surface area contributed by atoms with E-state index in [2.05, 4.69) is 0 Å². The number of hydrogen-bond acceptors (Lipinski definition) is 2. The number of nitrogens with one attached hydrogen (secondary N) is 2. The Kier molecular flexibility index (Phi) is 58.9. The first-order valence-electron chi connectivity index (χ1n) is 0.500. The summed E-state index contributed by atoms with van der Waals surface area (Å²) in [5, 5.41) is 11.2. The van der Waals surface area contributed by atoms with Crippen LogP contribution in [0, 0.1) is 10.8 Å². The smallest absolute Gasteiger partial charge is 0.0831 e. The summed E-state index contributed by atoms with van der Waals surface area (Å²) >= 11 is 0. The summed E-state index contributed by atoms with van der Waals surface area (Å²) in [5.74, 6) is 0. The second kappa shape index (κ2) is 18.2. The molecular formula is CH2N2Na2. The van der Waals surface area contributed by atoms with E-state index in [1.807, 2.05) is 0 Å². The van der Waals surface area contributed by atoms with Crippen LogP contribution in [-0.2, 0) is 0 Å². The molecule has 2 N–H and O–H groups in total. The molecule has 4 heteroatoms. The summed E-state index contributed by atoms with van der Waals surface area (Å²) in [5.41, 5.74) is 0. The van der Waals surface area contributed by atoms with E-state index < -0.39 is 0 Å². The molecule has 0 atom stereocenters. The molecule has 2 radical (unpaired) electrons. The maximum atomic E-state index is 5.62. The molecule has 0 fully saturated rings. The van der Waals surface area contributed by atoms with Crippen LogP contribution in [0.25, 0.3) is 0 Å². The SMILES string of the molecule is N=C=N.[Na].[Na]. The van der Waals surface area contributed by atoms with Crippen molar-refractivity contribution in [2.45, 2.75) is 0 Å². The largest absolute Gasteiger partial charge is 0.242 e. The Morgan fingerprint density at radius 1 is 1.00 bits per heavy atom. The Balaban J connectivity index is -0.0000000200. The molecule has 0 saturated heterocycles. The second-order valence-electron chi connectivity index (χ2n) is 0.125. The van der Waals surface area contributed by atoms with Crippen molar-refractivity contribution in [2.24, 2.45) is 0 Å². The summed E-state index contributed by atoms with van der Waals surface area (Å²) in [4.78, 5) is 0. The zero-order valence-corrected chi connectivity index (χ0v) is 7.50. The fraction of sp³-hybridized carbons (Fsp3) is 0. The average molecular weight is 88.0 g/mol. The van der Waals surface area contributed by atoms with Crippen LogP contribution in [0.4, 0.5) is 0 Å². The molecule has 5 heavy (non-hydrogen) atoms. The van der Waals surface area contributed by atoms with E-state index >= 15 is 0 Å². The van der Waals surface area contributed by atoms with Crippen LogP contribution >= 0.6 is 0 Å². The Hall–Kier alpha value is 1.38. The zero-order chi connectivity index (χ0) is 2.71. The Morgan fingerprint density at radius 2 is 1.00 bits per heavy atom. The van der Waals surface area contributed by atoms with Crippen molar-refractivity contribution >= 4 is 65.1 Å². The normalized spacial score (nSPS) is 1.60. The van der Waals surface area contributed by atoms with E-state index in [9.17, 15) is 0 Å². The second-order valence-corrected chi connectivity index (χ2v) is 0.125. The van der Waals surface area contributed by atoms with Crippen molar-refractivity contribution in [2.75, 3.05) is 0 Å². The average Bonchev–Trinajstić information content (AvgIpc) is 0.918. The summed E-state index contributed by atoms with van der Waals surface area (Å²) < 4.78 is 0. The number of hydrogen-bond donors (Lipinski definition) is 2. The third-order valence-electron chi connectivity index (χ3n) is 0. The molecule has 0 unspecified atom stereocenters. The van der Waals surface area contributed by atoms with Crippen molar-refractivity contribution in [3.63, 3.8) is 0 Å². The van der Waals surface area contributed by atoms with Gasteiger partial charge in [0.2, 0.25) is 0 Å². The van der Waals surface area contributed by atoms with Crippen LogP contribution in [0.2, 0.25) is 0 Å². The summed E-state index contributed by atoms with van der Waals surface area (Å²) in [6, 6.07) is 1.25.